The van der Waals surface area contributed by atoms with Crippen LogP contribution in [0.5, 0.6) is 5.75 Å². The van der Waals surface area contributed by atoms with Gasteiger partial charge in [-0.1, -0.05) is 12.1 Å². The van der Waals surface area contributed by atoms with Gasteiger partial charge in [-0.2, -0.15) is 5.26 Å². The molecule has 138 valence electrons. The van der Waals surface area contributed by atoms with Gasteiger partial charge in [0.05, 0.1) is 22.8 Å². The Kier molecular flexibility index (Phi) is 4.70. The van der Waals surface area contributed by atoms with E-state index >= 15 is 0 Å². The molecule has 0 aliphatic heterocycles. The smallest absolute Gasteiger partial charge is 0.340 e. The molecule has 0 amide bonds. The number of carbonyl (C=O) groups excluding carboxylic acids is 1. The number of aromatic nitrogens is 3. The van der Waals surface area contributed by atoms with Crippen molar-refractivity contribution in [3.63, 3.8) is 0 Å². The van der Waals surface area contributed by atoms with E-state index in [0.29, 0.717) is 27.0 Å². The van der Waals surface area contributed by atoms with Crippen molar-refractivity contribution in [3.8, 4) is 11.8 Å². The Morgan fingerprint density at radius 2 is 2.11 bits per heavy atom. The van der Waals surface area contributed by atoms with Crippen molar-refractivity contribution in [2.24, 2.45) is 0 Å². The molecular formula is C19H12N4O4S. The van der Waals surface area contributed by atoms with Crippen LogP contribution in [0, 0.1) is 11.3 Å². The van der Waals surface area contributed by atoms with Crippen molar-refractivity contribution in [2.45, 2.75) is 0 Å². The molecule has 0 bridgehead atoms. The maximum atomic E-state index is 12.3. The number of para-hydroxylation sites is 1. The second-order valence-corrected chi connectivity index (χ2v) is 6.53. The Morgan fingerprint density at radius 1 is 1.25 bits per heavy atom. The maximum absolute atomic E-state index is 12.3. The number of ether oxygens (including phenoxy) is 2. The summed E-state index contributed by atoms with van der Waals surface area (Å²) in [7, 11) is 0. The van der Waals surface area contributed by atoms with Crippen molar-refractivity contribution in [1.82, 2.24) is 15.0 Å². The standard InChI is InChI=1S/C19H12N4O4S/c20-7-11-8-21-14-4-2-1-3-12(14)16(11)26-5-6-27-19(25)13-9-28-18-15(13)17(24)22-10-23-18/h1-4,8-10H,5-6H2,(H,22,23,24). The minimum atomic E-state index is -0.631. The van der Waals surface area contributed by atoms with Crippen LogP contribution in [0.4, 0.5) is 0 Å². The molecule has 0 aliphatic rings. The number of carbonyl (C=O) groups is 1. The third-order valence-electron chi connectivity index (χ3n) is 4.01. The van der Waals surface area contributed by atoms with Gasteiger partial charge in [0, 0.05) is 17.0 Å². The van der Waals surface area contributed by atoms with Gasteiger partial charge in [-0.15, -0.1) is 11.3 Å². The second-order valence-electron chi connectivity index (χ2n) is 5.68. The molecule has 4 aromatic rings. The minimum absolute atomic E-state index is 0.0458. The van der Waals surface area contributed by atoms with E-state index in [1.54, 1.807) is 11.4 Å². The Labute approximate surface area is 162 Å². The molecule has 1 aromatic carbocycles. The van der Waals surface area contributed by atoms with E-state index in [1.165, 1.54) is 23.9 Å². The summed E-state index contributed by atoms with van der Waals surface area (Å²) in [5.41, 5.74) is 0.772. The summed E-state index contributed by atoms with van der Waals surface area (Å²) in [5.74, 6) is -0.237. The molecule has 9 heteroatoms. The number of aromatic amines is 1. The number of nitrogens with one attached hydrogen (secondary N) is 1. The predicted octanol–water partition coefficient (Wildman–Crippen LogP) is 2.64. The zero-order valence-electron chi connectivity index (χ0n) is 14.3. The average molecular weight is 392 g/mol. The number of pyridine rings is 1. The van der Waals surface area contributed by atoms with E-state index in [1.807, 2.05) is 24.3 Å². The van der Waals surface area contributed by atoms with Crippen molar-refractivity contribution < 1.29 is 14.3 Å². The molecule has 1 N–H and O–H groups in total. The van der Waals surface area contributed by atoms with Crippen LogP contribution in [-0.4, -0.2) is 34.1 Å². The molecule has 0 unspecified atom stereocenters. The Balaban J connectivity index is 1.47. The Bertz CT molecular complexity index is 1290. The summed E-state index contributed by atoms with van der Waals surface area (Å²) in [6.07, 6.45) is 2.73. The zero-order valence-corrected chi connectivity index (χ0v) is 15.2. The van der Waals surface area contributed by atoms with Crippen molar-refractivity contribution >= 4 is 38.4 Å². The van der Waals surface area contributed by atoms with Gasteiger partial charge in [-0.3, -0.25) is 9.78 Å². The van der Waals surface area contributed by atoms with E-state index < -0.39 is 11.5 Å². The molecule has 4 rings (SSSR count). The van der Waals surface area contributed by atoms with Crippen LogP contribution in [0.15, 0.2) is 47.0 Å². The maximum Gasteiger partial charge on any atom is 0.340 e. The predicted molar refractivity (Wildman–Crippen MR) is 102 cm³/mol. The molecule has 0 fully saturated rings. The fourth-order valence-corrected chi connectivity index (χ4v) is 3.62. The van der Waals surface area contributed by atoms with Crippen LogP contribution in [0.3, 0.4) is 0 Å². The van der Waals surface area contributed by atoms with Crippen LogP contribution < -0.4 is 10.3 Å². The molecule has 0 radical (unpaired) electrons. The first-order chi connectivity index (χ1) is 13.7. The highest BCUT2D eigenvalue weighted by molar-refractivity contribution is 7.17. The van der Waals surface area contributed by atoms with Crippen LogP contribution in [-0.2, 0) is 4.74 Å². The second kappa shape index (κ2) is 7.46. The van der Waals surface area contributed by atoms with Crippen molar-refractivity contribution in [1.29, 1.82) is 5.26 Å². The van der Waals surface area contributed by atoms with Gasteiger partial charge in [-0.25, -0.2) is 9.78 Å². The first-order valence-corrected chi connectivity index (χ1v) is 9.09. The summed E-state index contributed by atoms with van der Waals surface area (Å²) in [5, 5.41) is 11.7. The zero-order chi connectivity index (χ0) is 19.5. The van der Waals surface area contributed by atoms with Crippen LogP contribution >= 0.6 is 11.3 Å². The minimum Gasteiger partial charge on any atom is -0.488 e. The number of esters is 1. The fraction of sp³-hybridized carbons (Fsp3) is 0.105. The normalized spacial score (nSPS) is 10.7. The van der Waals surface area contributed by atoms with Gasteiger partial charge in [-0.05, 0) is 12.1 Å². The highest BCUT2D eigenvalue weighted by Crippen LogP contribution is 2.27. The lowest BCUT2D eigenvalue weighted by molar-refractivity contribution is 0.0454. The van der Waals surface area contributed by atoms with Crippen LogP contribution in [0.25, 0.3) is 21.1 Å². The highest BCUT2D eigenvalue weighted by Gasteiger charge is 2.17. The van der Waals surface area contributed by atoms with E-state index in [4.69, 9.17) is 9.47 Å². The summed E-state index contributed by atoms with van der Waals surface area (Å²) in [4.78, 5) is 35.4. The number of benzene rings is 1. The lowest BCUT2D eigenvalue weighted by atomic mass is 10.1. The summed E-state index contributed by atoms with van der Waals surface area (Å²) >= 11 is 1.19. The number of rotatable bonds is 5. The molecule has 0 atom stereocenters. The molecule has 28 heavy (non-hydrogen) atoms. The molecule has 3 aromatic heterocycles. The van der Waals surface area contributed by atoms with Crippen molar-refractivity contribution in [2.75, 3.05) is 13.2 Å². The SMILES string of the molecule is N#Cc1cnc2ccccc2c1OCCOC(=O)c1csc2nc[nH]c(=O)c12. The topological polar surface area (TPSA) is 118 Å². The Hall–Kier alpha value is -3.77. The number of thiophene rings is 1. The monoisotopic (exact) mass is 392 g/mol. The molecule has 0 aliphatic carbocycles. The number of nitrogens with zero attached hydrogens (tertiary/aromatic N) is 3. The number of hydrogen-bond donors (Lipinski definition) is 1. The first-order valence-electron chi connectivity index (χ1n) is 8.21. The van der Waals surface area contributed by atoms with E-state index in [-0.39, 0.29) is 24.2 Å². The largest absolute Gasteiger partial charge is 0.488 e. The molecule has 8 nitrogen and oxygen atoms in total. The first kappa shape index (κ1) is 17.6. The van der Waals surface area contributed by atoms with Gasteiger partial charge in [0.1, 0.15) is 35.4 Å². The van der Waals surface area contributed by atoms with Gasteiger partial charge in [0.25, 0.3) is 5.56 Å². The number of hydrogen-bond acceptors (Lipinski definition) is 8. The van der Waals surface area contributed by atoms with E-state index in [0.717, 1.165) is 0 Å². The highest BCUT2D eigenvalue weighted by atomic mass is 32.1. The molecular weight excluding hydrogens is 380 g/mol. The van der Waals surface area contributed by atoms with Crippen LogP contribution in [0.1, 0.15) is 15.9 Å². The fourth-order valence-electron chi connectivity index (χ4n) is 2.74. The van der Waals surface area contributed by atoms with Gasteiger partial charge in [0.15, 0.2) is 0 Å². The molecule has 0 saturated heterocycles. The van der Waals surface area contributed by atoms with Crippen LogP contribution in [0.2, 0.25) is 0 Å². The Morgan fingerprint density at radius 3 is 2.96 bits per heavy atom. The summed E-state index contributed by atoms with van der Waals surface area (Å²) in [6, 6.07) is 9.34. The molecule has 0 saturated carbocycles. The van der Waals surface area contributed by atoms with E-state index in [2.05, 4.69) is 15.0 Å². The third-order valence-corrected chi connectivity index (χ3v) is 4.89. The lowest BCUT2D eigenvalue weighted by Gasteiger charge is -2.11. The quantitative estimate of drug-likeness (QED) is 0.410. The van der Waals surface area contributed by atoms with E-state index in [9.17, 15) is 14.9 Å². The number of fused-ring (bicyclic) bond motifs is 2. The molecule has 0 spiro atoms. The number of nitriles is 1. The summed E-state index contributed by atoms with van der Waals surface area (Å²) in [6.45, 7) is 0.000955. The van der Waals surface area contributed by atoms with Gasteiger partial charge >= 0.3 is 5.97 Å². The van der Waals surface area contributed by atoms with Crippen molar-refractivity contribution in [3.05, 3.63) is 63.7 Å². The van der Waals surface area contributed by atoms with Gasteiger partial charge in [0.2, 0.25) is 0 Å². The third kappa shape index (κ3) is 3.17. The molecule has 3 heterocycles. The lowest BCUT2D eigenvalue weighted by Crippen LogP contribution is -2.15. The number of H-pyrrole nitrogens is 1. The summed E-state index contributed by atoms with van der Waals surface area (Å²) < 4.78 is 10.9. The van der Waals surface area contributed by atoms with Gasteiger partial charge < -0.3 is 14.5 Å². The average Bonchev–Trinajstić information content (AvgIpc) is 3.16.